The van der Waals surface area contributed by atoms with E-state index in [2.05, 4.69) is 19.2 Å². The molecule has 1 unspecified atom stereocenters. The summed E-state index contributed by atoms with van der Waals surface area (Å²) in [7, 11) is 0. The van der Waals surface area contributed by atoms with Crippen LogP contribution in [0, 0.1) is 17.8 Å². The summed E-state index contributed by atoms with van der Waals surface area (Å²) in [6.07, 6.45) is 7.65. The maximum atomic E-state index is 13.8. The normalized spacial score (nSPS) is 22.1. The van der Waals surface area contributed by atoms with Crippen LogP contribution in [0.1, 0.15) is 119 Å². The Morgan fingerprint density at radius 2 is 1.04 bits per heavy atom. The average Bonchev–Trinajstić information content (AvgIpc) is 3.09. The van der Waals surface area contributed by atoms with Crippen molar-refractivity contribution in [3.8, 4) is 0 Å². The Bertz CT molecular complexity index is 2100. The van der Waals surface area contributed by atoms with Crippen molar-refractivity contribution in [2.24, 2.45) is 17.8 Å². The van der Waals surface area contributed by atoms with Crippen LogP contribution < -0.4 is 5.32 Å². The number of carbonyl (C=O) groups excluding carboxylic acids is 2. The highest BCUT2D eigenvalue weighted by atomic mass is 16.4. The molecule has 1 amide bonds. The van der Waals surface area contributed by atoms with E-state index in [1.165, 1.54) is 12.1 Å². The zero-order valence-corrected chi connectivity index (χ0v) is 28.1. The Morgan fingerprint density at radius 1 is 0.612 bits per heavy atom. The predicted octanol–water partition coefficient (Wildman–Crippen LogP) is 8.59. The Morgan fingerprint density at radius 3 is 1.53 bits per heavy atom. The average molecular weight is 662 g/mol. The second-order valence-electron chi connectivity index (χ2n) is 14.7. The highest BCUT2D eigenvalue weighted by Gasteiger charge is 2.29. The van der Waals surface area contributed by atoms with Crippen LogP contribution in [0.4, 0.5) is 0 Å². The van der Waals surface area contributed by atoms with Gasteiger partial charge in [-0.1, -0.05) is 57.0 Å². The third-order valence-electron chi connectivity index (χ3n) is 11.5. The van der Waals surface area contributed by atoms with Gasteiger partial charge >= 0.3 is 11.9 Å². The summed E-state index contributed by atoms with van der Waals surface area (Å²) in [5.41, 5.74) is 0.603. The lowest BCUT2D eigenvalue weighted by atomic mass is 9.79. The smallest absolute Gasteiger partial charge is 0.336 e. The van der Waals surface area contributed by atoms with Gasteiger partial charge in [-0.2, -0.15) is 0 Å². The molecule has 8 heteroatoms. The minimum atomic E-state index is -1.16. The number of aliphatic hydroxyl groups is 1. The number of ketones is 1. The number of rotatable bonds is 9. The number of amides is 1. The molecular formula is C41H43NO7. The first-order chi connectivity index (χ1) is 23.5. The van der Waals surface area contributed by atoms with Gasteiger partial charge in [-0.3, -0.25) is 9.59 Å². The van der Waals surface area contributed by atoms with Crippen LogP contribution in [0.2, 0.25) is 0 Å². The van der Waals surface area contributed by atoms with Crippen molar-refractivity contribution in [2.75, 3.05) is 0 Å². The molecule has 0 radical (unpaired) electrons. The summed E-state index contributed by atoms with van der Waals surface area (Å²) in [6.45, 7) is 4.44. The number of aliphatic hydroxyl groups excluding tert-OH is 1. The van der Waals surface area contributed by atoms with E-state index in [0.717, 1.165) is 51.4 Å². The van der Waals surface area contributed by atoms with Crippen molar-refractivity contribution >= 4 is 66.7 Å². The zero-order valence-electron chi connectivity index (χ0n) is 28.1. The molecule has 254 valence electrons. The minimum Gasteiger partial charge on any atom is -0.478 e. The lowest BCUT2D eigenvalue weighted by molar-refractivity contribution is 0.0632. The van der Waals surface area contributed by atoms with Crippen LogP contribution in [0.3, 0.4) is 0 Å². The van der Waals surface area contributed by atoms with Crippen molar-refractivity contribution in [3.05, 3.63) is 70.8 Å². The monoisotopic (exact) mass is 661 g/mol. The molecule has 8 nitrogen and oxygen atoms in total. The summed E-state index contributed by atoms with van der Waals surface area (Å²) in [5, 5.41) is 39.3. The van der Waals surface area contributed by atoms with E-state index >= 15 is 0 Å². The topological polar surface area (TPSA) is 141 Å². The van der Waals surface area contributed by atoms with E-state index in [9.17, 15) is 34.5 Å². The van der Waals surface area contributed by atoms with Gasteiger partial charge in [-0.15, -0.1) is 0 Å². The third kappa shape index (κ3) is 5.90. The fourth-order valence-electron chi connectivity index (χ4n) is 8.65. The largest absolute Gasteiger partial charge is 0.478 e. The molecule has 0 spiro atoms. The maximum Gasteiger partial charge on any atom is 0.336 e. The van der Waals surface area contributed by atoms with Gasteiger partial charge in [0.25, 0.3) is 5.91 Å². The third-order valence-corrected chi connectivity index (χ3v) is 11.5. The van der Waals surface area contributed by atoms with Crippen LogP contribution in [-0.2, 0) is 0 Å². The Hall–Kier alpha value is -4.56. The van der Waals surface area contributed by atoms with E-state index < -0.39 is 18.0 Å². The van der Waals surface area contributed by atoms with Crippen LogP contribution >= 0.6 is 0 Å². The molecule has 0 bridgehead atoms. The lowest BCUT2D eigenvalue weighted by Gasteiger charge is -2.29. The van der Waals surface area contributed by atoms with Gasteiger partial charge in [0.05, 0.1) is 17.2 Å². The molecule has 49 heavy (non-hydrogen) atoms. The number of carboxylic acids is 2. The number of hydrogen-bond donors (Lipinski definition) is 4. The van der Waals surface area contributed by atoms with Crippen LogP contribution in [0.15, 0.2) is 48.5 Å². The first-order valence-corrected chi connectivity index (χ1v) is 17.7. The molecule has 2 saturated carbocycles. The van der Waals surface area contributed by atoms with Gasteiger partial charge in [0, 0.05) is 34.4 Å². The molecule has 0 heterocycles. The molecule has 2 aliphatic rings. The summed E-state index contributed by atoms with van der Waals surface area (Å²) in [6, 6.07) is 13.4. The number of carbonyl (C=O) groups is 4. The van der Waals surface area contributed by atoms with E-state index in [4.69, 9.17) is 0 Å². The Kier molecular flexibility index (Phi) is 8.78. The van der Waals surface area contributed by atoms with Gasteiger partial charge in [0.15, 0.2) is 5.78 Å². The van der Waals surface area contributed by atoms with Gasteiger partial charge in [0.2, 0.25) is 0 Å². The number of fused-ring (bicyclic) bond motifs is 2. The Balaban J connectivity index is 1.36. The highest BCUT2D eigenvalue weighted by molar-refractivity contribution is 6.38. The van der Waals surface area contributed by atoms with Crippen molar-refractivity contribution in [1.29, 1.82) is 0 Å². The second-order valence-corrected chi connectivity index (χ2v) is 14.7. The van der Waals surface area contributed by atoms with E-state index in [1.54, 1.807) is 30.3 Å². The minimum absolute atomic E-state index is 0.00501. The highest BCUT2D eigenvalue weighted by Crippen LogP contribution is 2.44. The molecule has 0 aromatic heterocycles. The quantitative estimate of drug-likeness (QED) is 0.0704. The van der Waals surface area contributed by atoms with Gasteiger partial charge in [-0.25, -0.2) is 9.59 Å². The van der Waals surface area contributed by atoms with Crippen LogP contribution in [-0.4, -0.2) is 51.1 Å². The second kappa shape index (κ2) is 13.0. The molecule has 2 aliphatic carbocycles. The van der Waals surface area contributed by atoms with Crippen LogP contribution in [0.5, 0.6) is 0 Å². The fraction of sp³-hybridized carbons (Fsp3) is 0.415. The standard InChI is InChI=1S/C41H43NO7/c1-21-3-7-23(8-4-21)33(43)19-20-34(44)29-15-11-25-28-14-18-32(41(48)49)38-30(39(45)42-24-9-5-22(2)6-10-24)16-12-26(36(28)38)27-13-17-31(40(46)47)37(29)35(25)27/h11-18,21-24,33,43H,3-10,19-20H2,1-2H3,(H,42,45)(H,46,47)(H,48,49). The van der Waals surface area contributed by atoms with Crippen molar-refractivity contribution in [1.82, 2.24) is 5.32 Å². The van der Waals surface area contributed by atoms with Crippen molar-refractivity contribution in [3.63, 3.8) is 0 Å². The maximum absolute atomic E-state index is 13.8. The first kappa shape index (κ1) is 33.0. The number of hydrogen-bond acceptors (Lipinski definition) is 5. The fourth-order valence-corrected chi connectivity index (χ4v) is 8.65. The van der Waals surface area contributed by atoms with E-state index in [1.807, 2.05) is 6.07 Å². The number of aromatic carboxylic acids is 2. The Labute approximate surface area is 284 Å². The molecule has 2 fully saturated rings. The number of benzene rings is 5. The molecular weight excluding hydrogens is 618 g/mol. The van der Waals surface area contributed by atoms with Crippen LogP contribution in [0.25, 0.3) is 43.1 Å². The molecule has 5 aromatic carbocycles. The molecule has 4 N–H and O–H groups in total. The molecule has 0 saturated heterocycles. The van der Waals surface area contributed by atoms with Gasteiger partial charge in [-0.05, 0) is 113 Å². The molecule has 7 rings (SSSR count). The number of Topliss-reactive ketones (excluding diaryl/α,β-unsaturated/α-hetero) is 1. The molecule has 0 aliphatic heterocycles. The zero-order chi connectivity index (χ0) is 34.6. The van der Waals surface area contributed by atoms with Crippen molar-refractivity contribution in [2.45, 2.75) is 90.2 Å². The number of carboxylic acid groups (broad SMARTS) is 2. The SMILES string of the molecule is CC1CCC(NC(=O)c2ccc3c4ccc(C(=O)O)c5c(C(=O)CCC(O)C6CCC(C)CC6)ccc(c6ccc(C(=O)O)c2c63)c54)CC1. The number of nitrogens with one attached hydrogen (secondary N) is 1. The summed E-state index contributed by atoms with van der Waals surface area (Å²) in [4.78, 5) is 52.8. The van der Waals surface area contributed by atoms with E-state index in [0.29, 0.717) is 66.9 Å². The molecule has 5 aromatic rings. The lowest BCUT2D eigenvalue weighted by Crippen LogP contribution is -2.37. The van der Waals surface area contributed by atoms with E-state index in [-0.39, 0.29) is 46.8 Å². The predicted molar refractivity (Wildman–Crippen MR) is 191 cm³/mol. The molecule has 1 atom stereocenters. The first-order valence-electron chi connectivity index (χ1n) is 17.7. The summed E-state index contributed by atoms with van der Waals surface area (Å²) >= 11 is 0. The summed E-state index contributed by atoms with van der Waals surface area (Å²) in [5.74, 6) is -1.41. The van der Waals surface area contributed by atoms with Crippen molar-refractivity contribution < 1.29 is 34.5 Å². The van der Waals surface area contributed by atoms with Gasteiger partial charge in [0.1, 0.15) is 0 Å². The van der Waals surface area contributed by atoms with Gasteiger partial charge < -0.3 is 20.6 Å². The summed E-state index contributed by atoms with van der Waals surface area (Å²) < 4.78 is 0.